The molecule has 0 saturated carbocycles. The predicted octanol–water partition coefficient (Wildman–Crippen LogP) is 4.44. The molecule has 0 saturated heterocycles. The summed E-state index contributed by atoms with van der Waals surface area (Å²) < 4.78 is 12.1. The molecule has 0 aliphatic carbocycles. The minimum Gasteiger partial charge on any atom is -0.486 e. The topological polar surface area (TPSA) is 60.5 Å². The van der Waals surface area contributed by atoms with Crippen LogP contribution in [0.1, 0.15) is 35.7 Å². The van der Waals surface area contributed by atoms with Gasteiger partial charge >= 0.3 is 0 Å². The van der Waals surface area contributed by atoms with Gasteiger partial charge in [0.25, 0.3) is 5.91 Å². The summed E-state index contributed by atoms with van der Waals surface area (Å²) in [6.45, 7) is 5.31. The Balaban J connectivity index is 1.60. The van der Waals surface area contributed by atoms with Gasteiger partial charge in [-0.25, -0.2) is 4.98 Å². The number of anilines is 1. The van der Waals surface area contributed by atoms with E-state index < -0.39 is 0 Å². The van der Waals surface area contributed by atoms with Crippen LogP contribution in [-0.4, -0.2) is 24.1 Å². The number of hydrogen-bond acceptors (Lipinski definition) is 5. The number of carbonyl (C=O) groups excluding carboxylic acids is 1. The Kier molecular flexibility index (Phi) is 4.05. The molecule has 0 radical (unpaired) electrons. The van der Waals surface area contributed by atoms with E-state index >= 15 is 0 Å². The molecule has 0 atom stereocenters. The molecule has 128 valence electrons. The van der Waals surface area contributed by atoms with Crippen LogP contribution in [0.2, 0.25) is 0 Å². The van der Waals surface area contributed by atoms with Crippen molar-refractivity contribution in [3.05, 3.63) is 47.5 Å². The van der Waals surface area contributed by atoms with Crippen LogP contribution in [0.15, 0.2) is 36.4 Å². The summed E-state index contributed by atoms with van der Waals surface area (Å²) in [6, 6.07) is 11.3. The van der Waals surface area contributed by atoms with Crippen LogP contribution in [0.4, 0.5) is 5.13 Å². The predicted molar refractivity (Wildman–Crippen MR) is 99.1 cm³/mol. The molecule has 25 heavy (non-hydrogen) atoms. The highest BCUT2D eigenvalue weighted by Crippen LogP contribution is 2.33. The second-order valence-corrected chi connectivity index (χ2v) is 7.21. The number of nitrogens with zero attached hydrogens (tertiary/aromatic N) is 1. The van der Waals surface area contributed by atoms with E-state index in [1.54, 1.807) is 18.2 Å². The van der Waals surface area contributed by atoms with Crippen LogP contribution >= 0.6 is 11.3 Å². The standard InChI is InChI=1S/C19H18N2O3S/c1-11(2)13-4-3-5-16-17(13)20-19(25-16)21-18(22)12-6-7-14-15(10-12)24-9-8-23-14/h3-7,10-11H,8-9H2,1-2H3,(H,20,21,22). The van der Waals surface area contributed by atoms with Crippen molar-refractivity contribution in [3.8, 4) is 11.5 Å². The first-order valence-electron chi connectivity index (χ1n) is 8.22. The number of para-hydroxylation sites is 1. The molecule has 1 N–H and O–H groups in total. The summed E-state index contributed by atoms with van der Waals surface area (Å²) in [5.41, 5.74) is 2.67. The monoisotopic (exact) mass is 354 g/mol. The van der Waals surface area contributed by atoms with Gasteiger partial charge in [-0.2, -0.15) is 0 Å². The molecule has 4 rings (SSSR count). The highest BCUT2D eigenvalue weighted by Gasteiger charge is 2.17. The summed E-state index contributed by atoms with van der Waals surface area (Å²) in [4.78, 5) is 17.2. The molecule has 1 amide bonds. The van der Waals surface area contributed by atoms with E-state index in [2.05, 4.69) is 30.2 Å². The van der Waals surface area contributed by atoms with E-state index in [0.29, 0.717) is 41.3 Å². The average molecular weight is 354 g/mol. The summed E-state index contributed by atoms with van der Waals surface area (Å²) in [5.74, 6) is 1.45. The fourth-order valence-corrected chi connectivity index (χ4v) is 3.74. The highest BCUT2D eigenvalue weighted by molar-refractivity contribution is 7.22. The Labute approximate surface area is 149 Å². The Morgan fingerprint density at radius 1 is 1.16 bits per heavy atom. The van der Waals surface area contributed by atoms with Crippen molar-refractivity contribution in [2.45, 2.75) is 19.8 Å². The molecule has 0 unspecified atom stereocenters. The van der Waals surface area contributed by atoms with Gasteiger partial charge in [0.1, 0.15) is 13.2 Å². The van der Waals surface area contributed by atoms with Crippen LogP contribution in [-0.2, 0) is 0 Å². The average Bonchev–Trinajstić information content (AvgIpc) is 3.03. The molecule has 1 aromatic heterocycles. The van der Waals surface area contributed by atoms with Crippen molar-refractivity contribution >= 4 is 32.6 Å². The number of nitrogens with one attached hydrogen (secondary N) is 1. The molecule has 0 bridgehead atoms. The first-order chi connectivity index (χ1) is 12.1. The number of fused-ring (bicyclic) bond motifs is 2. The van der Waals surface area contributed by atoms with Gasteiger partial charge in [-0.15, -0.1) is 0 Å². The molecule has 0 spiro atoms. The molecule has 6 heteroatoms. The fraction of sp³-hybridized carbons (Fsp3) is 0.263. The van der Waals surface area contributed by atoms with Crippen LogP contribution in [0.3, 0.4) is 0 Å². The third-order valence-corrected chi connectivity index (χ3v) is 5.03. The zero-order valence-corrected chi connectivity index (χ0v) is 14.9. The number of hydrogen-bond donors (Lipinski definition) is 1. The van der Waals surface area contributed by atoms with Gasteiger partial charge in [0.2, 0.25) is 0 Å². The van der Waals surface area contributed by atoms with Crippen LogP contribution in [0.5, 0.6) is 11.5 Å². The van der Waals surface area contributed by atoms with E-state index in [1.165, 1.54) is 16.9 Å². The van der Waals surface area contributed by atoms with Gasteiger partial charge in [-0.1, -0.05) is 37.3 Å². The number of benzene rings is 2. The van der Waals surface area contributed by atoms with Crippen LogP contribution < -0.4 is 14.8 Å². The smallest absolute Gasteiger partial charge is 0.257 e. The minimum atomic E-state index is -0.206. The number of rotatable bonds is 3. The van der Waals surface area contributed by atoms with Gasteiger partial charge in [0, 0.05) is 5.56 Å². The molecule has 0 fully saturated rings. The van der Waals surface area contributed by atoms with E-state index in [1.807, 2.05) is 12.1 Å². The van der Waals surface area contributed by atoms with Crippen molar-refractivity contribution in [2.24, 2.45) is 0 Å². The summed E-state index contributed by atoms with van der Waals surface area (Å²) in [6.07, 6.45) is 0. The maximum absolute atomic E-state index is 12.6. The lowest BCUT2D eigenvalue weighted by atomic mass is 10.0. The van der Waals surface area contributed by atoms with Crippen molar-refractivity contribution in [3.63, 3.8) is 0 Å². The largest absolute Gasteiger partial charge is 0.486 e. The SMILES string of the molecule is CC(C)c1cccc2sc(NC(=O)c3ccc4c(c3)OCCO4)nc12. The van der Waals surface area contributed by atoms with Crippen molar-refractivity contribution < 1.29 is 14.3 Å². The molecule has 2 heterocycles. The molecule has 3 aromatic rings. The van der Waals surface area contributed by atoms with E-state index in [-0.39, 0.29) is 5.91 Å². The van der Waals surface area contributed by atoms with E-state index in [0.717, 1.165) is 10.2 Å². The van der Waals surface area contributed by atoms with Gasteiger partial charge in [-0.3, -0.25) is 10.1 Å². The zero-order chi connectivity index (χ0) is 17.4. The molecule has 1 aliphatic rings. The fourth-order valence-electron chi connectivity index (χ4n) is 2.84. The lowest BCUT2D eigenvalue weighted by molar-refractivity contribution is 0.102. The zero-order valence-electron chi connectivity index (χ0n) is 14.0. The highest BCUT2D eigenvalue weighted by atomic mass is 32.1. The summed E-state index contributed by atoms with van der Waals surface area (Å²) >= 11 is 1.48. The molecular formula is C19H18N2O3S. The maximum Gasteiger partial charge on any atom is 0.257 e. The number of amides is 1. The first-order valence-corrected chi connectivity index (χ1v) is 9.04. The molecule has 1 aliphatic heterocycles. The number of ether oxygens (including phenoxy) is 2. The lowest BCUT2D eigenvalue weighted by Crippen LogP contribution is -2.17. The Morgan fingerprint density at radius 2 is 1.96 bits per heavy atom. The van der Waals surface area contributed by atoms with Gasteiger partial charge in [0.05, 0.1) is 10.2 Å². The molecule has 5 nitrogen and oxygen atoms in total. The Bertz CT molecular complexity index is 949. The normalized spacial score (nSPS) is 13.2. The lowest BCUT2D eigenvalue weighted by Gasteiger charge is -2.18. The molecular weight excluding hydrogens is 336 g/mol. The van der Waals surface area contributed by atoms with Crippen molar-refractivity contribution in [1.29, 1.82) is 0 Å². The van der Waals surface area contributed by atoms with Crippen LogP contribution in [0, 0.1) is 0 Å². The molecule has 2 aromatic carbocycles. The third-order valence-electron chi connectivity index (χ3n) is 4.10. The number of thiazole rings is 1. The van der Waals surface area contributed by atoms with Gasteiger partial charge < -0.3 is 9.47 Å². The van der Waals surface area contributed by atoms with Gasteiger partial charge in [-0.05, 0) is 35.7 Å². The minimum absolute atomic E-state index is 0.206. The second-order valence-electron chi connectivity index (χ2n) is 6.18. The summed E-state index contributed by atoms with van der Waals surface area (Å²) in [5, 5.41) is 3.49. The Hall–Kier alpha value is -2.60. The first kappa shape index (κ1) is 15.9. The van der Waals surface area contributed by atoms with Crippen molar-refractivity contribution in [2.75, 3.05) is 18.5 Å². The second kappa shape index (κ2) is 6.37. The Morgan fingerprint density at radius 3 is 2.76 bits per heavy atom. The van der Waals surface area contributed by atoms with Crippen molar-refractivity contribution in [1.82, 2.24) is 4.98 Å². The van der Waals surface area contributed by atoms with E-state index in [4.69, 9.17) is 9.47 Å². The van der Waals surface area contributed by atoms with Gasteiger partial charge in [0.15, 0.2) is 16.6 Å². The third kappa shape index (κ3) is 3.05. The van der Waals surface area contributed by atoms with Crippen LogP contribution in [0.25, 0.3) is 10.2 Å². The van der Waals surface area contributed by atoms with E-state index in [9.17, 15) is 4.79 Å². The quantitative estimate of drug-likeness (QED) is 0.755. The number of aromatic nitrogens is 1. The summed E-state index contributed by atoms with van der Waals surface area (Å²) in [7, 11) is 0. The number of carbonyl (C=O) groups is 1. The maximum atomic E-state index is 12.6.